The van der Waals surface area contributed by atoms with Gasteiger partial charge in [-0.3, -0.25) is 0 Å². The van der Waals surface area contributed by atoms with Crippen molar-refractivity contribution in [3.8, 4) is 0 Å². The molecule has 0 bridgehead atoms. The van der Waals surface area contributed by atoms with Crippen molar-refractivity contribution in [2.75, 3.05) is 0 Å². The summed E-state index contributed by atoms with van der Waals surface area (Å²) in [7, 11) is 0. The standard InChI is InChI=1S/C12H17NO/c1-8-6-12(5,13-14)7-9(2)11(4)10(8)3/h6-7H,1-5H3. The minimum Gasteiger partial charge on any atom is -0.150 e. The Hall–Kier alpha value is -1.18. The lowest BCUT2D eigenvalue weighted by atomic mass is 9.99. The molecule has 0 N–H and O–H groups in total. The molecule has 0 saturated heterocycles. The number of hydrogen-bond donors (Lipinski definition) is 0. The number of nitroso groups, excluding NO2 is 1. The summed E-state index contributed by atoms with van der Waals surface area (Å²) in [6, 6.07) is 0. The van der Waals surface area contributed by atoms with Crippen molar-refractivity contribution >= 4 is 0 Å². The zero-order chi connectivity index (χ0) is 10.9. The first kappa shape index (κ1) is 10.9. The monoisotopic (exact) mass is 191 g/mol. The molecule has 2 nitrogen and oxygen atoms in total. The zero-order valence-electron chi connectivity index (χ0n) is 9.51. The Morgan fingerprint density at radius 3 is 1.64 bits per heavy atom. The van der Waals surface area contributed by atoms with E-state index >= 15 is 0 Å². The second-order valence-electron chi connectivity index (χ2n) is 4.22. The van der Waals surface area contributed by atoms with E-state index in [1.807, 2.05) is 32.9 Å². The van der Waals surface area contributed by atoms with E-state index in [-0.39, 0.29) is 0 Å². The van der Waals surface area contributed by atoms with Crippen LogP contribution < -0.4 is 0 Å². The summed E-state index contributed by atoms with van der Waals surface area (Å²) in [5.41, 5.74) is 4.07. The molecule has 0 radical (unpaired) electrons. The van der Waals surface area contributed by atoms with Crippen LogP contribution in [0.1, 0.15) is 34.6 Å². The number of nitrogens with zero attached hydrogens (tertiary/aromatic N) is 1. The fourth-order valence-electron chi connectivity index (χ4n) is 1.78. The van der Waals surface area contributed by atoms with Crippen molar-refractivity contribution in [1.29, 1.82) is 0 Å². The lowest BCUT2D eigenvalue weighted by Gasteiger charge is -2.12. The SMILES string of the molecule is CC1=CC(C)(N=O)C=C(C)C(C)=C1C. The van der Waals surface area contributed by atoms with Crippen LogP contribution >= 0.6 is 0 Å². The summed E-state index contributed by atoms with van der Waals surface area (Å²) in [6.07, 6.45) is 3.85. The predicted octanol–water partition coefficient (Wildman–Crippen LogP) is 3.75. The third kappa shape index (κ3) is 1.84. The van der Waals surface area contributed by atoms with Crippen LogP contribution in [0.5, 0.6) is 0 Å². The van der Waals surface area contributed by atoms with Crippen LogP contribution in [0.15, 0.2) is 39.6 Å². The van der Waals surface area contributed by atoms with Gasteiger partial charge in [-0.15, -0.1) is 4.91 Å². The molecule has 76 valence electrons. The molecule has 1 rings (SSSR count). The third-order valence-corrected chi connectivity index (χ3v) is 2.96. The first-order chi connectivity index (χ1) is 6.39. The molecule has 0 amide bonds. The van der Waals surface area contributed by atoms with Crippen LogP contribution in [0.4, 0.5) is 0 Å². The van der Waals surface area contributed by atoms with Gasteiger partial charge in [-0.2, -0.15) is 0 Å². The quantitative estimate of drug-likeness (QED) is 0.580. The van der Waals surface area contributed by atoms with Crippen LogP contribution in [-0.2, 0) is 0 Å². The average Bonchev–Trinajstić information content (AvgIpc) is 2.20. The van der Waals surface area contributed by atoms with Crippen LogP contribution in [0.2, 0.25) is 0 Å². The second kappa shape index (κ2) is 3.52. The van der Waals surface area contributed by atoms with Gasteiger partial charge in [0.15, 0.2) is 0 Å². The molecule has 2 heteroatoms. The fraction of sp³-hybridized carbons (Fsp3) is 0.500. The highest BCUT2D eigenvalue weighted by Crippen LogP contribution is 2.30. The van der Waals surface area contributed by atoms with E-state index in [1.54, 1.807) is 0 Å². The molecule has 1 aliphatic rings. The van der Waals surface area contributed by atoms with Gasteiger partial charge in [-0.05, 0) is 69.1 Å². The van der Waals surface area contributed by atoms with Crippen molar-refractivity contribution in [2.45, 2.75) is 40.2 Å². The van der Waals surface area contributed by atoms with Gasteiger partial charge in [0.2, 0.25) is 0 Å². The Balaban J connectivity index is 3.36. The minimum atomic E-state index is -0.687. The molecule has 0 aromatic carbocycles. The molecule has 0 atom stereocenters. The van der Waals surface area contributed by atoms with Crippen molar-refractivity contribution in [3.05, 3.63) is 39.4 Å². The lowest BCUT2D eigenvalue weighted by molar-refractivity contribution is 0.722. The zero-order valence-corrected chi connectivity index (χ0v) is 9.51. The van der Waals surface area contributed by atoms with Gasteiger partial charge >= 0.3 is 0 Å². The summed E-state index contributed by atoms with van der Waals surface area (Å²) >= 11 is 0. The smallest absolute Gasteiger partial charge is 0.137 e. The Morgan fingerprint density at radius 1 is 1.00 bits per heavy atom. The van der Waals surface area contributed by atoms with Crippen molar-refractivity contribution in [2.24, 2.45) is 5.18 Å². The maximum Gasteiger partial charge on any atom is 0.137 e. The summed E-state index contributed by atoms with van der Waals surface area (Å²) in [4.78, 5) is 10.8. The molecular formula is C12H17NO. The highest BCUT2D eigenvalue weighted by Gasteiger charge is 2.23. The highest BCUT2D eigenvalue weighted by molar-refractivity contribution is 5.47. The lowest BCUT2D eigenvalue weighted by Crippen LogP contribution is -2.14. The van der Waals surface area contributed by atoms with E-state index in [1.165, 1.54) is 11.1 Å². The Labute approximate surface area is 85.4 Å². The predicted molar refractivity (Wildman–Crippen MR) is 60.1 cm³/mol. The van der Waals surface area contributed by atoms with Crippen LogP contribution in [-0.4, -0.2) is 5.54 Å². The number of allylic oxidation sites excluding steroid dienone is 4. The molecule has 14 heavy (non-hydrogen) atoms. The summed E-state index contributed by atoms with van der Waals surface area (Å²) in [6.45, 7) is 10.0. The second-order valence-corrected chi connectivity index (χ2v) is 4.22. The van der Waals surface area contributed by atoms with Crippen molar-refractivity contribution in [1.82, 2.24) is 0 Å². The van der Waals surface area contributed by atoms with Gasteiger partial charge in [0.05, 0.1) is 0 Å². The van der Waals surface area contributed by atoms with E-state index in [0.717, 1.165) is 11.1 Å². The van der Waals surface area contributed by atoms with Gasteiger partial charge in [-0.25, -0.2) is 0 Å². The summed E-state index contributed by atoms with van der Waals surface area (Å²) in [5, 5.41) is 3.18. The molecule has 0 spiro atoms. The fourth-order valence-corrected chi connectivity index (χ4v) is 1.78. The van der Waals surface area contributed by atoms with Crippen LogP contribution in [0, 0.1) is 4.91 Å². The van der Waals surface area contributed by atoms with E-state index in [4.69, 9.17) is 0 Å². The maximum atomic E-state index is 10.8. The average molecular weight is 191 g/mol. The van der Waals surface area contributed by atoms with Crippen LogP contribution in [0.25, 0.3) is 0 Å². The van der Waals surface area contributed by atoms with Crippen molar-refractivity contribution in [3.63, 3.8) is 0 Å². The largest absolute Gasteiger partial charge is 0.150 e. The van der Waals surface area contributed by atoms with Crippen molar-refractivity contribution < 1.29 is 0 Å². The van der Waals surface area contributed by atoms with E-state index in [9.17, 15) is 4.91 Å². The number of rotatable bonds is 1. The van der Waals surface area contributed by atoms with E-state index < -0.39 is 5.54 Å². The molecule has 0 aliphatic heterocycles. The molecule has 0 fully saturated rings. The van der Waals surface area contributed by atoms with Gasteiger partial charge in [-0.1, -0.05) is 5.18 Å². The molecule has 0 heterocycles. The Morgan fingerprint density at radius 2 is 1.36 bits per heavy atom. The molecule has 0 aromatic rings. The van der Waals surface area contributed by atoms with Gasteiger partial charge in [0.25, 0.3) is 0 Å². The molecule has 0 aromatic heterocycles. The number of hydrogen-bond acceptors (Lipinski definition) is 2. The normalized spacial score (nSPS) is 21.2. The van der Waals surface area contributed by atoms with Gasteiger partial charge in [0.1, 0.15) is 5.54 Å². The molecular weight excluding hydrogens is 174 g/mol. The first-order valence-corrected chi connectivity index (χ1v) is 4.81. The Kier molecular flexibility index (Phi) is 2.74. The summed E-state index contributed by atoms with van der Waals surface area (Å²) in [5.74, 6) is 0. The maximum absolute atomic E-state index is 10.8. The molecule has 1 aliphatic carbocycles. The van der Waals surface area contributed by atoms with Gasteiger partial charge < -0.3 is 0 Å². The first-order valence-electron chi connectivity index (χ1n) is 4.81. The molecule has 0 saturated carbocycles. The minimum absolute atomic E-state index is 0.687. The van der Waals surface area contributed by atoms with E-state index in [0.29, 0.717) is 0 Å². The summed E-state index contributed by atoms with van der Waals surface area (Å²) < 4.78 is 0. The van der Waals surface area contributed by atoms with E-state index in [2.05, 4.69) is 19.0 Å². The van der Waals surface area contributed by atoms with Crippen LogP contribution in [0.3, 0.4) is 0 Å². The van der Waals surface area contributed by atoms with Gasteiger partial charge in [0, 0.05) is 0 Å². The molecule has 0 unspecified atom stereocenters. The Bertz CT molecular complexity index is 331. The highest BCUT2D eigenvalue weighted by atomic mass is 16.3. The third-order valence-electron chi connectivity index (χ3n) is 2.96. The topological polar surface area (TPSA) is 29.4 Å².